The molecule has 19 heavy (non-hydrogen) atoms. The summed E-state index contributed by atoms with van der Waals surface area (Å²) in [5.41, 5.74) is -0.784. The standard InChI is InChI=1S/C10H12N2O6S/c1-19(17,18)5-4-11-10(14)8-6-7(13)2-3-9(8)12(15)16/h2-3,6,13H,4-5H2,1H3,(H,11,14). The first-order chi connectivity index (χ1) is 8.70. The third-order valence-corrected chi connectivity index (χ3v) is 3.13. The molecule has 104 valence electrons. The third kappa shape index (κ3) is 4.54. The molecule has 9 heteroatoms. The van der Waals surface area contributed by atoms with Gasteiger partial charge in [0.15, 0.2) is 0 Å². The molecule has 0 aromatic heterocycles. The summed E-state index contributed by atoms with van der Waals surface area (Å²) in [5.74, 6) is -1.38. The minimum atomic E-state index is -3.23. The molecule has 0 aliphatic carbocycles. The Kier molecular flexibility index (Phi) is 4.43. The lowest BCUT2D eigenvalue weighted by atomic mass is 10.1. The van der Waals surface area contributed by atoms with Crippen LogP contribution in [-0.4, -0.2) is 42.9 Å². The van der Waals surface area contributed by atoms with Gasteiger partial charge in [-0.1, -0.05) is 0 Å². The summed E-state index contributed by atoms with van der Waals surface area (Å²) in [4.78, 5) is 21.6. The number of nitrogens with one attached hydrogen (secondary N) is 1. The highest BCUT2D eigenvalue weighted by Gasteiger charge is 2.20. The van der Waals surface area contributed by atoms with Crippen molar-refractivity contribution in [1.82, 2.24) is 5.32 Å². The minimum absolute atomic E-state index is 0.162. The Labute approximate surface area is 109 Å². The quantitative estimate of drug-likeness (QED) is 0.583. The number of amides is 1. The Hall–Kier alpha value is -2.16. The molecule has 2 N–H and O–H groups in total. The van der Waals surface area contributed by atoms with Crippen LogP contribution >= 0.6 is 0 Å². The number of benzene rings is 1. The summed E-state index contributed by atoms with van der Waals surface area (Å²) in [7, 11) is -3.23. The van der Waals surface area contributed by atoms with Gasteiger partial charge in [-0.3, -0.25) is 14.9 Å². The molecular weight excluding hydrogens is 276 g/mol. The fourth-order valence-corrected chi connectivity index (χ4v) is 1.78. The van der Waals surface area contributed by atoms with Gasteiger partial charge in [0.25, 0.3) is 11.6 Å². The van der Waals surface area contributed by atoms with E-state index >= 15 is 0 Å². The molecule has 0 saturated carbocycles. The van der Waals surface area contributed by atoms with Crippen LogP contribution in [0.3, 0.4) is 0 Å². The highest BCUT2D eigenvalue weighted by Crippen LogP contribution is 2.22. The lowest BCUT2D eigenvalue weighted by molar-refractivity contribution is -0.385. The monoisotopic (exact) mass is 288 g/mol. The summed E-state index contributed by atoms with van der Waals surface area (Å²) >= 11 is 0. The van der Waals surface area contributed by atoms with Crippen molar-refractivity contribution in [3.8, 4) is 5.75 Å². The Morgan fingerprint density at radius 2 is 2.11 bits per heavy atom. The number of carbonyl (C=O) groups is 1. The van der Waals surface area contributed by atoms with E-state index in [4.69, 9.17) is 0 Å². The van der Waals surface area contributed by atoms with Crippen molar-refractivity contribution in [3.05, 3.63) is 33.9 Å². The number of aromatic hydroxyl groups is 1. The number of rotatable bonds is 5. The fourth-order valence-electron chi connectivity index (χ4n) is 1.31. The first kappa shape index (κ1) is 14.9. The van der Waals surface area contributed by atoms with Gasteiger partial charge < -0.3 is 10.4 Å². The first-order valence-electron chi connectivity index (χ1n) is 5.14. The van der Waals surface area contributed by atoms with E-state index < -0.39 is 26.4 Å². The smallest absolute Gasteiger partial charge is 0.282 e. The predicted octanol–water partition coefficient (Wildman–Crippen LogP) is 0.0748. The van der Waals surface area contributed by atoms with Gasteiger partial charge in [0, 0.05) is 18.9 Å². The van der Waals surface area contributed by atoms with E-state index in [0.29, 0.717) is 0 Å². The van der Waals surface area contributed by atoms with E-state index in [9.17, 15) is 28.4 Å². The van der Waals surface area contributed by atoms with Crippen LogP contribution in [0.1, 0.15) is 10.4 Å². The Bertz CT molecular complexity index is 610. The number of phenols is 1. The second-order valence-corrected chi connectivity index (χ2v) is 6.10. The largest absolute Gasteiger partial charge is 0.508 e. The molecule has 8 nitrogen and oxygen atoms in total. The van der Waals surface area contributed by atoms with Crippen LogP contribution in [0.4, 0.5) is 5.69 Å². The maximum Gasteiger partial charge on any atom is 0.282 e. The normalized spacial score (nSPS) is 11.0. The topological polar surface area (TPSA) is 127 Å². The molecule has 0 radical (unpaired) electrons. The molecule has 0 aliphatic heterocycles. The second-order valence-electron chi connectivity index (χ2n) is 3.84. The Morgan fingerprint density at radius 1 is 1.47 bits per heavy atom. The zero-order valence-corrected chi connectivity index (χ0v) is 10.8. The number of nitrogens with zero attached hydrogens (tertiary/aromatic N) is 1. The Balaban J connectivity index is 2.87. The van der Waals surface area contributed by atoms with Gasteiger partial charge in [0.2, 0.25) is 0 Å². The average Bonchev–Trinajstić information content (AvgIpc) is 2.26. The van der Waals surface area contributed by atoms with E-state index in [1.165, 1.54) is 0 Å². The highest BCUT2D eigenvalue weighted by molar-refractivity contribution is 7.90. The molecule has 0 unspecified atom stereocenters. The van der Waals surface area contributed by atoms with E-state index in [-0.39, 0.29) is 23.6 Å². The molecule has 1 aromatic carbocycles. The van der Waals surface area contributed by atoms with Crippen LogP contribution in [0.15, 0.2) is 18.2 Å². The van der Waals surface area contributed by atoms with Gasteiger partial charge in [-0.25, -0.2) is 8.42 Å². The summed E-state index contributed by atoms with van der Waals surface area (Å²) in [6.45, 7) is -0.162. The number of nitro benzene ring substituents is 1. The first-order valence-corrected chi connectivity index (χ1v) is 7.20. The summed E-state index contributed by atoms with van der Waals surface area (Å²) in [6.07, 6.45) is 1.01. The number of nitro groups is 1. The number of hydrogen-bond donors (Lipinski definition) is 2. The van der Waals surface area contributed by atoms with Gasteiger partial charge in [-0.2, -0.15) is 0 Å². The fraction of sp³-hybridized carbons (Fsp3) is 0.300. The minimum Gasteiger partial charge on any atom is -0.508 e. The van der Waals surface area contributed by atoms with Gasteiger partial charge in [0.05, 0.1) is 10.7 Å². The van der Waals surface area contributed by atoms with Gasteiger partial charge in [0.1, 0.15) is 21.2 Å². The lowest BCUT2D eigenvalue weighted by Crippen LogP contribution is -2.29. The summed E-state index contributed by atoms with van der Waals surface area (Å²) in [6, 6.07) is 3.04. The SMILES string of the molecule is CS(=O)(=O)CCNC(=O)c1cc(O)ccc1[N+](=O)[O-]. The van der Waals surface area contributed by atoms with Crippen LogP contribution in [0.5, 0.6) is 5.75 Å². The molecule has 0 aliphatic rings. The van der Waals surface area contributed by atoms with E-state index in [1.807, 2.05) is 0 Å². The Morgan fingerprint density at radius 3 is 2.63 bits per heavy atom. The van der Waals surface area contributed by atoms with Gasteiger partial charge in [-0.15, -0.1) is 0 Å². The van der Waals surface area contributed by atoms with Crippen LogP contribution in [-0.2, 0) is 9.84 Å². The van der Waals surface area contributed by atoms with Crippen molar-refractivity contribution >= 4 is 21.4 Å². The van der Waals surface area contributed by atoms with E-state index in [2.05, 4.69) is 5.32 Å². The van der Waals surface area contributed by atoms with Crippen molar-refractivity contribution in [1.29, 1.82) is 0 Å². The van der Waals surface area contributed by atoms with Crippen molar-refractivity contribution in [2.75, 3.05) is 18.6 Å². The molecule has 0 atom stereocenters. The molecule has 1 rings (SSSR count). The molecule has 0 bridgehead atoms. The highest BCUT2D eigenvalue weighted by atomic mass is 32.2. The lowest BCUT2D eigenvalue weighted by Gasteiger charge is -2.05. The number of carbonyl (C=O) groups excluding carboxylic acids is 1. The molecular formula is C10H12N2O6S. The maximum absolute atomic E-state index is 11.7. The van der Waals surface area contributed by atoms with Gasteiger partial charge in [-0.05, 0) is 12.1 Å². The van der Waals surface area contributed by atoms with Crippen molar-refractivity contribution in [2.24, 2.45) is 0 Å². The summed E-state index contributed by atoms with van der Waals surface area (Å²) < 4.78 is 21.8. The average molecular weight is 288 g/mol. The zero-order valence-electron chi connectivity index (χ0n) is 9.99. The second kappa shape index (κ2) is 5.65. The third-order valence-electron chi connectivity index (χ3n) is 2.18. The van der Waals surface area contributed by atoms with Crippen LogP contribution in [0, 0.1) is 10.1 Å². The molecule has 0 fully saturated rings. The molecule has 0 saturated heterocycles. The zero-order chi connectivity index (χ0) is 14.6. The predicted molar refractivity (Wildman–Crippen MR) is 66.8 cm³/mol. The van der Waals surface area contributed by atoms with Crippen LogP contribution in [0.25, 0.3) is 0 Å². The number of phenolic OH excluding ortho intramolecular Hbond substituents is 1. The molecule has 0 spiro atoms. The van der Waals surface area contributed by atoms with Crippen molar-refractivity contribution in [3.63, 3.8) is 0 Å². The maximum atomic E-state index is 11.7. The molecule has 1 amide bonds. The number of hydrogen-bond acceptors (Lipinski definition) is 6. The van der Waals surface area contributed by atoms with E-state index in [1.54, 1.807) is 0 Å². The molecule has 0 heterocycles. The van der Waals surface area contributed by atoms with Crippen molar-refractivity contribution < 1.29 is 23.2 Å². The molecule has 1 aromatic rings. The van der Waals surface area contributed by atoms with Crippen LogP contribution in [0.2, 0.25) is 0 Å². The van der Waals surface area contributed by atoms with E-state index in [0.717, 1.165) is 24.5 Å². The van der Waals surface area contributed by atoms with Crippen molar-refractivity contribution in [2.45, 2.75) is 0 Å². The van der Waals surface area contributed by atoms with Gasteiger partial charge >= 0.3 is 0 Å². The number of sulfone groups is 1. The van der Waals surface area contributed by atoms with Crippen LogP contribution < -0.4 is 5.32 Å². The summed E-state index contributed by atoms with van der Waals surface area (Å²) in [5, 5.41) is 22.2.